The number of carbonyl (C=O) groups excluding carboxylic acids is 2. The van der Waals surface area contributed by atoms with E-state index in [1.807, 2.05) is 9.80 Å². The molecule has 3 amide bonds. The predicted molar refractivity (Wildman–Crippen MR) is 81.4 cm³/mol. The van der Waals surface area contributed by atoms with Gasteiger partial charge in [-0.25, -0.2) is 9.42 Å². The van der Waals surface area contributed by atoms with Crippen LogP contribution in [0.15, 0.2) is 4.63 Å². The second kappa shape index (κ2) is 6.55. The minimum atomic E-state index is -0.116. The van der Waals surface area contributed by atoms with Gasteiger partial charge in [-0.2, -0.15) is 0 Å². The van der Waals surface area contributed by atoms with E-state index in [9.17, 15) is 9.59 Å². The van der Waals surface area contributed by atoms with Gasteiger partial charge in [-0.15, -0.1) is 0 Å². The molecule has 1 atom stereocenters. The van der Waals surface area contributed by atoms with E-state index in [1.165, 1.54) is 0 Å². The molecule has 2 heterocycles. The van der Waals surface area contributed by atoms with Crippen LogP contribution in [-0.4, -0.2) is 57.2 Å². The molecule has 1 N–H and O–H groups in total. The zero-order chi connectivity index (χ0) is 16.4. The van der Waals surface area contributed by atoms with Crippen LogP contribution >= 0.6 is 0 Å². The van der Waals surface area contributed by atoms with Gasteiger partial charge in [-0.3, -0.25) is 4.79 Å². The average Bonchev–Trinajstić information content (AvgIpc) is 3.10. The molecule has 0 spiro atoms. The first kappa shape index (κ1) is 15.8. The van der Waals surface area contributed by atoms with Crippen LogP contribution in [0.2, 0.25) is 0 Å². The zero-order valence-corrected chi connectivity index (χ0v) is 13.6. The third kappa shape index (κ3) is 3.62. The molecule has 2 fully saturated rings. The Labute approximate surface area is 135 Å². The Morgan fingerprint density at radius 2 is 2.13 bits per heavy atom. The van der Waals surface area contributed by atoms with Crippen LogP contribution in [0, 0.1) is 6.92 Å². The van der Waals surface area contributed by atoms with Crippen LogP contribution in [0.4, 0.5) is 4.79 Å². The summed E-state index contributed by atoms with van der Waals surface area (Å²) in [5, 5.41) is 10.3. The zero-order valence-electron chi connectivity index (χ0n) is 13.6. The molecule has 23 heavy (non-hydrogen) atoms. The lowest BCUT2D eigenvalue weighted by Crippen LogP contribution is -2.48. The Hall–Kier alpha value is -2.12. The number of aryl methyl sites for hydroxylation is 1. The summed E-state index contributed by atoms with van der Waals surface area (Å²) < 4.78 is 4.63. The number of likely N-dealkylation sites (tertiary alicyclic amines) is 1. The van der Waals surface area contributed by atoms with Crippen LogP contribution in [0.25, 0.3) is 0 Å². The molecule has 1 saturated carbocycles. The highest BCUT2D eigenvalue weighted by atomic mass is 16.6. The highest BCUT2D eigenvalue weighted by Gasteiger charge is 2.36. The maximum atomic E-state index is 12.4. The van der Waals surface area contributed by atoms with Gasteiger partial charge < -0.3 is 15.1 Å². The van der Waals surface area contributed by atoms with Gasteiger partial charge in [0.05, 0.1) is 12.6 Å². The summed E-state index contributed by atoms with van der Waals surface area (Å²) in [7, 11) is 0. The van der Waals surface area contributed by atoms with Crippen molar-refractivity contribution in [3.63, 3.8) is 0 Å². The predicted octanol–water partition coefficient (Wildman–Crippen LogP) is 1.06. The first-order valence-corrected chi connectivity index (χ1v) is 8.16. The first-order valence-electron chi connectivity index (χ1n) is 8.16. The van der Waals surface area contributed by atoms with Crippen molar-refractivity contribution in [2.75, 3.05) is 13.1 Å². The Bertz CT molecular complexity index is 583. The van der Waals surface area contributed by atoms with Crippen molar-refractivity contribution in [2.24, 2.45) is 0 Å². The smallest absolute Gasteiger partial charge is 0.318 e. The Morgan fingerprint density at radius 3 is 2.74 bits per heavy atom. The highest BCUT2D eigenvalue weighted by Crippen LogP contribution is 2.29. The molecule has 3 rings (SSSR count). The van der Waals surface area contributed by atoms with Gasteiger partial charge in [0, 0.05) is 26.1 Å². The fourth-order valence-corrected chi connectivity index (χ4v) is 3.11. The van der Waals surface area contributed by atoms with Gasteiger partial charge in [0.2, 0.25) is 5.91 Å². The van der Waals surface area contributed by atoms with Crippen LogP contribution in [0.5, 0.6) is 0 Å². The van der Waals surface area contributed by atoms with E-state index in [0.717, 1.165) is 32.2 Å². The maximum Gasteiger partial charge on any atom is 0.318 e. The van der Waals surface area contributed by atoms with E-state index in [-0.39, 0.29) is 18.0 Å². The van der Waals surface area contributed by atoms with Crippen LogP contribution in [0.1, 0.15) is 44.0 Å². The second-order valence-corrected chi connectivity index (χ2v) is 6.35. The third-order valence-electron chi connectivity index (χ3n) is 4.59. The summed E-state index contributed by atoms with van der Waals surface area (Å²) in [6.45, 7) is 5.06. The van der Waals surface area contributed by atoms with Gasteiger partial charge in [0.1, 0.15) is 11.4 Å². The van der Waals surface area contributed by atoms with Crippen molar-refractivity contribution in [3.05, 3.63) is 11.4 Å². The van der Waals surface area contributed by atoms with Gasteiger partial charge in [0.15, 0.2) is 0 Å². The van der Waals surface area contributed by atoms with Gasteiger partial charge >= 0.3 is 6.03 Å². The summed E-state index contributed by atoms with van der Waals surface area (Å²) >= 11 is 0. The Morgan fingerprint density at radius 1 is 1.35 bits per heavy atom. The standard InChI is InChI=1S/C15H23N5O3/c1-10-14(18-23-17-10)8-16-15(22)19-7-3-4-13(19)9-20(11(2)21)12-5-6-12/h12-13H,3-9H2,1-2H3,(H,16,22). The summed E-state index contributed by atoms with van der Waals surface area (Å²) in [5.41, 5.74) is 1.32. The first-order chi connectivity index (χ1) is 11.1. The molecule has 0 bridgehead atoms. The SMILES string of the molecule is CC(=O)N(CC1CCCN1C(=O)NCc1nonc1C)C1CC1. The molecule has 8 heteroatoms. The van der Waals surface area contributed by atoms with Gasteiger partial charge in [0.25, 0.3) is 0 Å². The molecular weight excluding hydrogens is 298 g/mol. The average molecular weight is 321 g/mol. The molecule has 1 aromatic rings. The third-order valence-corrected chi connectivity index (χ3v) is 4.59. The van der Waals surface area contributed by atoms with E-state index >= 15 is 0 Å². The molecule has 8 nitrogen and oxygen atoms in total. The Balaban J connectivity index is 1.56. The minimum Gasteiger partial charge on any atom is -0.338 e. The number of rotatable bonds is 5. The largest absolute Gasteiger partial charge is 0.338 e. The molecule has 126 valence electrons. The molecular formula is C15H23N5O3. The maximum absolute atomic E-state index is 12.4. The van der Waals surface area contributed by atoms with Crippen molar-refractivity contribution in [1.82, 2.24) is 25.4 Å². The Kier molecular flexibility index (Phi) is 4.49. The van der Waals surface area contributed by atoms with Crippen molar-refractivity contribution in [1.29, 1.82) is 0 Å². The molecule has 1 unspecified atom stereocenters. The van der Waals surface area contributed by atoms with Crippen molar-refractivity contribution in [3.8, 4) is 0 Å². The van der Waals surface area contributed by atoms with Gasteiger partial charge in [-0.1, -0.05) is 10.3 Å². The number of urea groups is 1. The van der Waals surface area contributed by atoms with E-state index in [0.29, 0.717) is 30.5 Å². The molecule has 1 aliphatic heterocycles. The number of aromatic nitrogens is 2. The fraction of sp³-hybridized carbons (Fsp3) is 0.733. The molecule has 1 saturated heterocycles. The lowest BCUT2D eigenvalue weighted by molar-refractivity contribution is -0.130. The second-order valence-electron chi connectivity index (χ2n) is 6.35. The monoisotopic (exact) mass is 321 g/mol. The minimum absolute atomic E-state index is 0.0935. The fourth-order valence-electron chi connectivity index (χ4n) is 3.11. The molecule has 1 aromatic heterocycles. The topological polar surface area (TPSA) is 91.6 Å². The summed E-state index contributed by atoms with van der Waals surface area (Å²) in [5.74, 6) is 0.101. The number of hydrogen-bond donors (Lipinski definition) is 1. The number of nitrogens with zero attached hydrogens (tertiary/aromatic N) is 4. The molecule has 1 aliphatic carbocycles. The van der Waals surface area contributed by atoms with Crippen LogP contribution in [0.3, 0.4) is 0 Å². The molecule has 0 aromatic carbocycles. The van der Waals surface area contributed by atoms with Crippen molar-refractivity contribution in [2.45, 2.75) is 58.2 Å². The van der Waals surface area contributed by atoms with Gasteiger partial charge in [-0.05, 0) is 32.6 Å². The summed E-state index contributed by atoms with van der Waals surface area (Å²) in [6, 6.07) is 0.354. The van der Waals surface area contributed by atoms with E-state index < -0.39 is 0 Å². The summed E-state index contributed by atoms with van der Waals surface area (Å²) in [4.78, 5) is 28.0. The van der Waals surface area contributed by atoms with E-state index in [1.54, 1.807) is 13.8 Å². The molecule has 2 aliphatic rings. The number of nitrogens with one attached hydrogen (secondary N) is 1. The van der Waals surface area contributed by atoms with Crippen molar-refractivity contribution < 1.29 is 14.2 Å². The van der Waals surface area contributed by atoms with Crippen molar-refractivity contribution >= 4 is 11.9 Å². The normalized spacial score (nSPS) is 20.6. The highest BCUT2D eigenvalue weighted by molar-refractivity contribution is 5.76. The van der Waals surface area contributed by atoms with E-state index in [4.69, 9.17) is 0 Å². The quantitative estimate of drug-likeness (QED) is 0.875. The van der Waals surface area contributed by atoms with Crippen LogP contribution in [-0.2, 0) is 11.3 Å². The summed E-state index contributed by atoms with van der Waals surface area (Å²) in [6.07, 6.45) is 4.07. The number of hydrogen-bond acceptors (Lipinski definition) is 5. The number of carbonyl (C=O) groups is 2. The lowest BCUT2D eigenvalue weighted by atomic mass is 10.2. The van der Waals surface area contributed by atoms with Crippen LogP contribution < -0.4 is 5.32 Å². The number of amides is 3. The molecule has 0 radical (unpaired) electrons. The lowest BCUT2D eigenvalue weighted by Gasteiger charge is -2.30. The van der Waals surface area contributed by atoms with E-state index in [2.05, 4.69) is 20.3 Å².